The maximum atomic E-state index is 11.6. The summed E-state index contributed by atoms with van der Waals surface area (Å²) in [7, 11) is -3.46. The minimum atomic E-state index is -3.46. The summed E-state index contributed by atoms with van der Waals surface area (Å²) in [5, 5.41) is 12.5. The van der Waals surface area contributed by atoms with Crippen LogP contribution in [0.1, 0.15) is 10.5 Å². The average molecular weight is 267 g/mol. The summed E-state index contributed by atoms with van der Waals surface area (Å²) in [6.07, 6.45) is 3.81. The van der Waals surface area contributed by atoms with Crippen LogP contribution in [0, 0.1) is 0 Å². The van der Waals surface area contributed by atoms with Gasteiger partial charge in [-0.05, 0) is 18.2 Å². The molecule has 0 unspecified atom stereocenters. The Labute approximate surface area is 103 Å². The molecule has 0 aliphatic rings. The molecule has 7 nitrogen and oxygen atoms in total. The highest BCUT2D eigenvalue weighted by Crippen LogP contribution is 2.16. The number of aromatic nitrogens is 3. The van der Waals surface area contributed by atoms with Gasteiger partial charge in [-0.3, -0.25) is 0 Å². The van der Waals surface area contributed by atoms with Crippen LogP contribution in [0.5, 0.6) is 0 Å². The number of hydrogen-bond acceptors (Lipinski definition) is 5. The van der Waals surface area contributed by atoms with Crippen LogP contribution in [-0.4, -0.2) is 40.5 Å². The number of aromatic carboxylic acids is 1. The van der Waals surface area contributed by atoms with Crippen LogP contribution < -0.4 is 0 Å². The van der Waals surface area contributed by atoms with Crippen LogP contribution in [0.4, 0.5) is 0 Å². The first kappa shape index (κ1) is 12.2. The molecule has 0 bridgehead atoms. The summed E-state index contributed by atoms with van der Waals surface area (Å²) in [6.45, 7) is 0. The third kappa shape index (κ3) is 2.23. The molecule has 0 radical (unpaired) electrons. The lowest BCUT2D eigenvalue weighted by Gasteiger charge is -2.05. The van der Waals surface area contributed by atoms with E-state index >= 15 is 0 Å². The Balaban J connectivity index is 2.61. The Hall–Kier alpha value is -2.22. The Kier molecular flexibility index (Phi) is 2.87. The van der Waals surface area contributed by atoms with Gasteiger partial charge in [0.05, 0.1) is 0 Å². The maximum Gasteiger partial charge on any atom is 0.356 e. The van der Waals surface area contributed by atoms with E-state index in [2.05, 4.69) is 10.1 Å². The van der Waals surface area contributed by atoms with E-state index in [1.54, 1.807) is 0 Å². The molecule has 2 heterocycles. The van der Waals surface area contributed by atoms with Gasteiger partial charge in [0.1, 0.15) is 4.90 Å². The van der Waals surface area contributed by atoms with E-state index in [0.717, 1.165) is 10.9 Å². The molecule has 1 N–H and O–H groups in total. The Morgan fingerprint density at radius 1 is 1.39 bits per heavy atom. The van der Waals surface area contributed by atoms with Gasteiger partial charge in [0.15, 0.2) is 21.3 Å². The molecule has 18 heavy (non-hydrogen) atoms. The molecular weight excluding hydrogens is 258 g/mol. The second kappa shape index (κ2) is 4.22. The first-order valence-corrected chi connectivity index (χ1v) is 6.73. The molecule has 0 saturated carbocycles. The number of pyridine rings is 1. The summed E-state index contributed by atoms with van der Waals surface area (Å²) in [4.78, 5) is 14.6. The second-order valence-corrected chi connectivity index (χ2v) is 5.53. The van der Waals surface area contributed by atoms with Gasteiger partial charge in [-0.15, -0.1) is 0 Å². The highest BCUT2D eigenvalue weighted by Gasteiger charge is 2.17. The highest BCUT2D eigenvalue weighted by molar-refractivity contribution is 7.90. The Morgan fingerprint density at radius 2 is 2.11 bits per heavy atom. The zero-order valence-electron chi connectivity index (χ0n) is 9.31. The van der Waals surface area contributed by atoms with Gasteiger partial charge in [-0.1, -0.05) is 0 Å². The van der Waals surface area contributed by atoms with Crippen molar-refractivity contribution in [1.29, 1.82) is 0 Å². The molecular formula is C10H9N3O4S. The molecule has 0 saturated heterocycles. The fourth-order valence-corrected chi connectivity index (χ4v) is 2.20. The summed E-state index contributed by atoms with van der Waals surface area (Å²) in [6, 6.07) is 4.14. The standard InChI is InChI=1S/C10H9N3O4S/c1-18(16,17)8-3-2-5-11-9(8)13-6-4-7(12-13)10(14)15/h2-6H,1H3,(H,14,15). The van der Waals surface area contributed by atoms with Crippen molar-refractivity contribution in [2.45, 2.75) is 4.90 Å². The van der Waals surface area contributed by atoms with E-state index in [-0.39, 0.29) is 16.4 Å². The molecule has 0 atom stereocenters. The van der Waals surface area contributed by atoms with Gasteiger partial charge < -0.3 is 5.11 Å². The van der Waals surface area contributed by atoms with Crippen LogP contribution in [0.25, 0.3) is 5.82 Å². The van der Waals surface area contributed by atoms with Crippen molar-refractivity contribution in [2.24, 2.45) is 0 Å². The Morgan fingerprint density at radius 3 is 2.67 bits per heavy atom. The number of carboxylic acid groups (broad SMARTS) is 1. The van der Waals surface area contributed by atoms with Crippen molar-refractivity contribution >= 4 is 15.8 Å². The zero-order valence-corrected chi connectivity index (χ0v) is 10.1. The molecule has 2 aromatic rings. The zero-order chi connectivity index (χ0) is 13.3. The van der Waals surface area contributed by atoms with E-state index < -0.39 is 15.8 Å². The summed E-state index contributed by atoms with van der Waals surface area (Å²) in [5.41, 5.74) is -0.180. The molecule has 0 amide bonds. The van der Waals surface area contributed by atoms with Crippen molar-refractivity contribution in [3.63, 3.8) is 0 Å². The number of sulfone groups is 1. The molecule has 0 spiro atoms. The Bertz CT molecular complexity index is 705. The van der Waals surface area contributed by atoms with Crippen LogP contribution in [-0.2, 0) is 9.84 Å². The summed E-state index contributed by atoms with van der Waals surface area (Å²) < 4.78 is 24.3. The van der Waals surface area contributed by atoms with Crippen molar-refractivity contribution < 1.29 is 18.3 Å². The number of rotatable bonds is 3. The number of carboxylic acids is 1. The normalized spacial score (nSPS) is 11.4. The maximum absolute atomic E-state index is 11.6. The van der Waals surface area contributed by atoms with E-state index in [4.69, 9.17) is 5.11 Å². The fraction of sp³-hybridized carbons (Fsp3) is 0.100. The van der Waals surface area contributed by atoms with Crippen molar-refractivity contribution in [3.05, 3.63) is 36.3 Å². The van der Waals surface area contributed by atoms with Crippen molar-refractivity contribution in [3.8, 4) is 5.82 Å². The monoisotopic (exact) mass is 267 g/mol. The molecule has 2 aromatic heterocycles. The van der Waals surface area contributed by atoms with Crippen LogP contribution in [0.15, 0.2) is 35.5 Å². The van der Waals surface area contributed by atoms with Crippen molar-refractivity contribution in [2.75, 3.05) is 6.26 Å². The molecule has 2 rings (SSSR count). The van der Waals surface area contributed by atoms with Crippen LogP contribution >= 0.6 is 0 Å². The fourth-order valence-electron chi connectivity index (χ4n) is 1.40. The molecule has 0 aliphatic heterocycles. The summed E-state index contributed by atoms with van der Waals surface area (Å²) >= 11 is 0. The third-order valence-corrected chi connectivity index (χ3v) is 3.29. The van der Waals surface area contributed by atoms with Gasteiger partial charge in [-0.2, -0.15) is 5.10 Å². The van der Waals surface area contributed by atoms with Gasteiger partial charge >= 0.3 is 5.97 Å². The van der Waals surface area contributed by atoms with Gasteiger partial charge in [0.25, 0.3) is 0 Å². The lowest BCUT2D eigenvalue weighted by Crippen LogP contribution is -2.08. The van der Waals surface area contributed by atoms with Gasteiger partial charge in [-0.25, -0.2) is 22.9 Å². The van der Waals surface area contributed by atoms with Crippen LogP contribution in [0.3, 0.4) is 0 Å². The lowest BCUT2D eigenvalue weighted by atomic mass is 10.4. The molecule has 0 fully saturated rings. The largest absolute Gasteiger partial charge is 0.476 e. The predicted molar refractivity (Wildman–Crippen MR) is 61.4 cm³/mol. The first-order chi connectivity index (χ1) is 8.39. The smallest absolute Gasteiger partial charge is 0.356 e. The third-order valence-electron chi connectivity index (χ3n) is 2.18. The highest BCUT2D eigenvalue weighted by atomic mass is 32.2. The first-order valence-electron chi connectivity index (χ1n) is 4.84. The van der Waals surface area contributed by atoms with E-state index in [1.807, 2.05) is 0 Å². The quantitative estimate of drug-likeness (QED) is 0.861. The second-order valence-electron chi connectivity index (χ2n) is 3.55. The average Bonchev–Trinajstić information content (AvgIpc) is 2.77. The van der Waals surface area contributed by atoms with Gasteiger partial charge in [0.2, 0.25) is 0 Å². The molecule has 8 heteroatoms. The lowest BCUT2D eigenvalue weighted by molar-refractivity contribution is 0.0690. The van der Waals surface area contributed by atoms with Crippen molar-refractivity contribution in [1.82, 2.24) is 14.8 Å². The molecule has 94 valence electrons. The minimum absolute atomic E-state index is 0.00922. The minimum Gasteiger partial charge on any atom is -0.476 e. The predicted octanol–water partition coefficient (Wildman–Crippen LogP) is 0.369. The van der Waals surface area contributed by atoms with E-state index in [9.17, 15) is 13.2 Å². The number of carbonyl (C=O) groups is 1. The molecule has 0 aliphatic carbocycles. The topological polar surface area (TPSA) is 102 Å². The van der Waals surface area contributed by atoms with Crippen LogP contribution in [0.2, 0.25) is 0 Å². The SMILES string of the molecule is CS(=O)(=O)c1cccnc1-n1ccc(C(=O)O)n1. The van der Waals surface area contributed by atoms with E-state index in [0.29, 0.717) is 0 Å². The number of nitrogens with zero attached hydrogens (tertiary/aromatic N) is 3. The van der Waals surface area contributed by atoms with E-state index in [1.165, 1.54) is 30.6 Å². The summed E-state index contributed by atoms with van der Waals surface area (Å²) in [5.74, 6) is -1.11. The number of hydrogen-bond donors (Lipinski definition) is 1. The van der Waals surface area contributed by atoms with Gasteiger partial charge in [0, 0.05) is 18.6 Å². The molecule has 0 aromatic carbocycles.